The Morgan fingerprint density at radius 2 is 2.13 bits per heavy atom. The van der Waals surface area contributed by atoms with Crippen LogP contribution in [0, 0.1) is 0 Å². The van der Waals surface area contributed by atoms with Crippen LogP contribution in [0.5, 0.6) is 0 Å². The first-order valence-electron chi connectivity index (χ1n) is 7.78. The van der Waals surface area contributed by atoms with Gasteiger partial charge in [0.05, 0.1) is 11.7 Å². The number of hydrogen-bond donors (Lipinski definition) is 1. The molecule has 0 unspecified atom stereocenters. The van der Waals surface area contributed by atoms with Gasteiger partial charge >= 0.3 is 0 Å². The number of aromatic amines is 1. The Morgan fingerprint density at radius 3 is 2.96 bits per heavy atom. The van der Waals surface area contributed by atoms with Gasteiger partial charge in [-0.1, -0.05) is 24.3 Å². The Labute approximate surface area is 135 Å². The molecule has 0 spiro atoms. The molecule has 2 aromatic heterocycles. The Hall–Kier alpha value is -2.69. The monoisotopic (exact) mass is 308 g/mol. The number of amides is 1. The van der Waals surface area contributed by atoms with E-state index < -0.39 is 0 Å². The molecule has 0 atom stereocenters. The van der Waals surface area contributed by atoms with Crippen molar-refractivity contribution in [1.82, 2.24) is 20.1 Å². The third-order valence-corrected chi connectivity index (χ3v) is 3.96. The van der Waals surface area contributed by atoms with E-state index in [1.54, 1.807) is 17.3 Å². The molecule has 2 heterocycles. The number of pyridine rings is 1. The van der Waals surface area contributed by atoms with Gasteiger partial charge in [-0.25, -0.2) is 0 Å². The highest BCUT2D eigenvalue weighted by Gasteiger charge is 2.11. The summed E-state index contributed by atoms with van der Waals surface area (Å²) >= 11 is 0. The largest absolute Gasteiger partial charge is 0.341 e. The van der Waals surface area contributed by atoms with E-state index in [4.69, 9.17) is 0 Å². The number of aryl methyl sites for hydroxylation is 1. The summed E-state index contributed by atoms with van der Waals surface area (Å²) in [4.78, 5) is 18.5. The van der Waals surface area contributed by atoms with Crippen LogP contribution in [0.1, 0.15) is 24.0 Å². The first-order valence-corrected chi connectivity index (χ1v) is 7.78. The lowest BCUT2D eigenvalue weighted by atomic mass is 10.1. The second-order valence-corrected chi connectivity index (χ2v) is 5.70. The number of benzene rings is 1. The maximum Gasteiger partial charge on any atom is 0.222 e. The molecule has 0 saturated carbocycles. The van der Waals surface area contributed by atoms with E-state index in [2.05, 4.69) is 15.2 Å². The predicted molar refractivity (Wildman–Crippen MR) is 89.7 cm³/mol. The SMILES string of the molecule is CN(Cc1cccc2cccnc12)C(=O)CCCc1cn[nH]c1. The van der Waals surface area contributed by atoms with Gasteiger partial charge in [0.25, 0.3) is 0 Å². The molecule has 3 rings (SSSR count). The van der Waals surface area contributed by atoms with Gasteiger partial charge in [-0.3, -0.25) is 14.9 Å². The number of carbonyl (C=O) groups is 1. The van der Waals surface area contributed by atoms with Gasteiger partial charge in [0, 0.05) is 37.8 Å². The molecule has 5 nitrogen and oxygen atoms in total. The lowest BCUT2D eigenvalue weighted by Gasteiger charge is -2.18. The molecule has 0 saturated heterocycles. The van der Waals surface area contributed by atoms with Crippen molar-refractivity contribution in [3.8, 4) is 0 Å². The lowest BCUT2D eigenvalue weighted by molar-refractivity contribution is -0.130. The molecular formula is C18H20N4O. The zero-order chi connectivity index (χ0) is 16.1. The highest BCUT2D eigenvalue weighted by Crippen LogP contribution is 2.17. The summed E-state index contributed by atoms with van der Waals surface area (Å²) in [6, 6.07) is 10.1. The Bertz CT molecular complexity index is 777. The normalized spacial score (nSPS) is 10.8. The molecule has 1 N–H and O–H groups in total. The van der Waals surface area contributed by atoms with E-state index in [1.807, 2.05) is 43.6 Å². The molecular weight excluding hydrogens is 288 g/mol. The van der Waals surface area contributed by atoms with Crippen molar-refractivity contribution in [2.75, 3.05) is 7.05 Å². The molecule has 0 aliphatic rings. The van der Waals surface area contributed by atoms with Crippen LogP contribution in [-0.2, 0) is 17.8 Å². The summed E-state index contributed by atoms with van der Waals surface area (Å²) in [7, 11) is 1.85. The van der Waals surface area contributed by atoms with Crippen LogP contribution in [0.3, 0.4) is 0 Å². The minimum absolute atomic E-state index is 0.154. The van der Waals surface area contributed by atoms with Gasteiger partial charge in [0.1, 0.15) is 0 Å². The van der Waals surface area contributed by atoms with Crippen LogP contribution in [-0.4, -0.2) is 33.0 Å². The van der Waals surface area contributed by atoms with E-state index in [1.165, 1.54) is 0 Å². The van der Waals surface area contributed by atoms with Gasteiger partial charge in [0.2, 0.25) is 5.91 Å². The minimum Gasteiger partial charge on any atom is -0.341 e. The molecule has 0 bridgehead atoms. The van der Waals surface area contributed by atoms with E-state index in [-0.39, 0.29) is 5.91 Å². The number of nitrogens with zero attached hydrogens (tertiary/aromatic N) is 3. The number of fused-ring (bicyclic) bond motifs is 1. The maximum absolute atomic E-state index is 12.3. The molecule has 23 heavy (non-hydrogen) atoms. The Kier molecular flexibility index (Phi) is 4.66. The average Bonchev–Trinajstić information content (AvgIpc) is 3.08. The number of H-pyrrole nitrogens is 1. The first-order chi connectivity index (χ1) is 11.2. The molecule has 0 aliphatic heterocycles. The molecule has 1 amide bonds. The summed E-state index contributed by atoms with van der Waals surface area (Å²) in [5.74, 6) is 0.154. The van der Waals surface area contributed by atoms with Gasteiger partial charge in [-0.15, -0.1) is 0 Å². The van der Waals surface area contributed by atoms with E-state index >= 15 is 0 Å². The highest BCUT2D eigenvalue weighted by molar-refractivity contribution is 5.82. The molecule has 5 heteroatoms. The standard InChI is InChI=1S/C18H20N4O/c1-22(17(23)9-2-5-14-11-20-21-12-14)13-16-7-3-6-15-8-4-10-19-18(15)16/h3-4,6-8,10-12H,2,5,9,13H2,1H3,(H,20,21). The minimum atomic E-state index is 0.154. The van der Waals surface area contributed by atoms with E-state index in [0.29, 0.717) is 13.0 Å². The van der Waals surface area contributed by atoms with Crippen LogP contribution in [0.4, 0.5) is 0 Å². The zero-order valence-electron chi connectivity index (χ0n) is 13.2. The number of para-hydroxylation sites is 1. The van der Waals surface area contributed by atoms with Crippen LogP contribution >= 0.6 is 0 Å². The van der Waals surface area contributed by atoms with Crippen LogP contribution in [0.25, 0.3) is 10.9 Å². The fourth-order valence-electron chi connectivity index (χ4n) is 2.69. The summed E-state index contributed by atoms with van der Waals surface area (Å²) in [5, 5.41) is 7.80. The van der Waals surface area contributed by atoms with Gasteiger partial charge < -0.3 is 4.90 Å². The topological polar surface area (TPSA) is 61.9 Å². The van der Waals surface area contributed by atoms with Crippen LogP contribution in [0.15, 0.2) is 48.9 Å². The highest BCUT2D eigenvalue weighted by atomic mass is 16.2. The molecule has 0 fully saturated rings. The smallest absolute Gasteiger partial charge is 0.222 e. The van der Waals surface area contributed by atoms with Gasteiger partial charge in [0.15, 0.2) is 0 Å². The zero-order valence-corrected chi connectivity index (χ0v) is 13.2. The van der Waals surface area contributed by atoms with Gasteiger partial charge in [-0.2, -0.15) is 5.10 Å². The van der Waals surface area contributed by atoms with E-state index in [9.17, 15) is 4.79 Å². The van der Waals surface area contributed by atoms with Crippen molar-refractivity contribution in [1.29, 1.82) is 0 Å². The van der Waals surface area contributed by atoms with Gasteiger partial charge in [-0.05, 0) is 30.0 Å². The summed E-state index contributed by atoms with van der Waals surface area (Å²) < 4.78 is 0. The van der Waals surface area contributed by atoms with Crippen molar-refractivity contribution >= 4 is 16.8 Å². The molecule has 0 radical (unpaired) electrons. The number of carbonyl (C=O) groups excluding carboxylic acids is 1. The lowest BCUT2D eigenvalue weighted by Crippen LogP contribution is -2.26. The average molecular weight is 308 g/mol. The van der Waals surface area contributed by atoms with E-state index in [0.717, 1.165) is 34.9 Å². The first kappa shape index (κ1) is 15.2. The maximum atomic E-state index is 12.3. The fraction of sp³-hybridized carbons (Fsp3) is 0.278. The Balaban J connectivity index is 1.59. The van der Waals surface area contributed by atoms with Crippen molar-refractivity contribution in [2.45, 2.75) is 25.8 Å². The van der Waals surface area contributed by atoms with Crippen LogP contribution < -0.4 is 0 Å². The third kappa shape index (κ3) is 3.74. The summed E-state index contributed by atoms with van der Waals surface area (Å²) in [6.07, 6.45) is 7.70. The molecule has 1 aromatic carbocycles. The van der Waals surface area contributed by atoms with Crippen molar-refractivity contribution < 1.29 is 4.79 Å². The Morgan fingerprint density at radius 1 is 1.26 bits per heavy atom. The fourth-order valence-corrected chi connectivity index (χ4v) is 2.69. The molecule has 118 valence electrons. The molecule has 3 aromatic rings. The summed E-state index contributed by atoms with van der Waals surface area (Å²) in [5.41, 5.74) is 3.18. The van der Waals surface area contributed by atoms with Crippen LogP contribution in [0.2, 0.25) is 0 Å². The number of aromatic nitrogens is 3. The van der Waals surface area contributed by atoms with Crippen molar-refractivity contribution in [3.05, 3.63) is 60.0 Å². The third-order valence-electron chi connectivity index (χ3n) is 3.96. The second kappa shape index (κ2) is 7.05. The molecule has 0 aliphatic carbocycles. The summed E-state index contributed by atoms with van der Waals surface area (Å²) in [6.45, 7) is 0.582. The predicted octanol–water partition coefficient (Wildman–Crippen LogP) is 2.94. The number of nitrogens with one attached hydrogen (secondary N) is 1. The van der Waals surface area contributed by atoms with Crippen molar-refractivity contribution in [2.24, 2.45) is 0 Å². The second-order valence-electron chi connectivity index (χ2n) is 5.70. The van der Waals surface area contributed by atoms with Crippen molar-refractivity contribution in [3.63, 3.8) is 0 Å². The number of hydrogen-bond acceptors (Lipinski definition) is 3. The quantitative estimate of drug-likeness (QED) is 0.761. The number of rotatable bonds is 6.